The molecule has 2 aromatic rings. The van der Waals surface area contributed by atoms with Crippen LogP contribution in [0.25, 0.3) is 0 Å². The van der Waals surface area contributed by atoms with Gasteiger partial charge in [-0.15, -0.1) is 0 Å². The average Bonchev–Trinajstić information content (AvgIpc) is 2.73. The lowest BCUT2D eigenvalue weighted by Crippen LogP contribution is -2.29. The lowest BCUT2D eigenvalue weighted by molar-refractivity contribution is -0.0431. The molecule has 1 aliphatic heterocycles. The van der Waals surface area contributed by atoms with Gasteiger partial charge >= 0.3 is 0 Å². The summed E-state index contributed by atoms with van der Waals surface area (Å²) in [7, 11) is 0. The fraction of sp³-hybridized carbons (Fsp3) is 0.250. The third kappa shape index (κ3) is 3.20. The van der Waals surface area contributed by atoms with Gasteiger partial charge in [0.05, 0.1) is 10.0 Å². The van der Waals surface area contributed by atoms with Crippen molar-refractivity contribution in [1.29, 1.82) is 0 Å². The Balaban J connectivity index is 1.71. The van der Waals surface area contributed by atoms with Gasteiger partial charge in [0.25, 0.3) is 0 Å². The summed E-state index contributed by atoms with van der Waals surface area (Å²) in [5, 5.41) is 4.45. The second kappa shape index (κ2) is 5.32. The van der Waals surface area contributed by atoms with E-state index >= 15 is 0 Å². The van der Waals surface area contributed by atoms with E-state index in [-0.39, 0.29) is 0 Å². The minimum absolute atomic E-state index is 0.559. The van der Waals surface area contributed by atoms with Gasteiger partial charge in [0.2, 0.25) is 5.79 Å². The van der Waals surface area contributed by atoms with Crippen molar-refractivity contribution in [3.8, 4) is 11.5 Å². The topological polar surface area (TPSA) is 30.5 Å². The third-order valence-corrected chi connectivity index (χ3v) is 3.87. The quantitative estimate of drug-likeness (QED) is 0.851. The van der Waals surface area contributed by atoms with E-state index in [4.69, 9.17) is 32.7 Å². The molecule has 0 bridgehead atoms. The van der Waals surface area contributed by atoms with Gasteiger partial charge in [0, 0.05) is 32.1 Å². The molecule has 0 unspecified atom stereocenters. The maximum absolute atomic E-state index is 6.01. The molecule has 1 heterocycles. The number of benzene rings is 2. The number of hydrogen-bond donors (Lipinski definition) is 1. The average molecular weight is 324 g/mol. The molecule has 0 saturated heterocycles. The molecule has 0 amide bonds. The van der Waals surface area contributed by atoms with Crippen LogP contribution in [0.2, 0.25) is 10.0 Å². The molecule has 1 N–H and O–H groups in total. The largest absolute Gasteiger partial charge is 0.449 e. The maximum Gasteiger partial charge on any atom is 0.246 e. The van der Waals surface area contributed by atoms with E-state index in [0.29, 0.717) is 16.6 Å². The van der Waals surface area contributed by atoms with E-state index in [2.05, 4.69) is 5.32 Å². The summed E-state index contributed by atoms with van der Waals surface area (Å²) in [5.74, 6) is 0.907. The molecule has 0 aliphatic carbocycles. The molecule has 5 heteroatoms. The summed E-state index contributed by atoms with van der Waals surface area (Å²) in [6.45, 7) is 4.42. The zero-order chi connectivity index (χ0) is 15.0. The predicted octanol–water partition coefficient (Wildman–Crippen LogP) is 5.11. The van der Waals surface area contributed by atoms with Gasteiger partial charge in [-0.05, 0) is 29.8 Å². The third-order valence-electron chi connectivity index (χ3n) is 3.14. The second-order valence-electron chi connectivity index (χ2n) is 5.37. The fourth-order valence-electron chi connectivity index (χ4n) is 2.19. The Bertz CT molecular complexity index is 686. The standard InChI is InChI=1S/C16H15Cl2NO2/c1-16(2)20-14-6-4-11(8-15(14)21-16)19-9-10-3-5-12(17)13(18)7-10/h3-8,19H,9H2,1-2H3. The predicted molar refractivity (Wildman–Crippen MR) is 85.6 cm³/mol. The van der Waals surface area contributed by atoms with Crippen molar-refractivity contribution in [3.63, 3.8) is 0 Å². The maximum atomic E-state index is 6.01. The van der Waals surface area contributed by atoms with Crippen molar-refractivity contribution < 1.29 is 9.47 Å². The number of ether oxygens (including phenoxy) is 2. The van der Waals surface area contributed by atoms with Crippen LogP contribution in [0.3, 0.4) is 0 Å². The molecule has 0 saturated carbocycles. The van der Waals surface area contributed by atoms with Crippen LogP contribution in [0.15, 0.2) is 36.4 Å². The summed E-state index contributed by atoms with van der Waals surface area (Å²) < 4.78 is 11.4. The van der Waals surface area contributed by atoms with E-state index in [1.54, 1.807) is 6.07 Å². The van der Waals surface area contributed by atoms with Crippen molar-refractivity contribution in [2.75, 3.05) is 5.32 Å². The summed E-state index contributed by atoms with van der Waals surface area (Å²) in [5.41, 5.74) is 2.02. The van der Waals surface area contributed by atoms with Crippen LogP contribution in [0, 0.1) is 0 Å². The molecule has 110 valence electrons. The van der Waals surface area contributed by atoms with Crippen molar-refractivity contribution in [1.82, 2.24) is 0 Å². The molecule has 0 aromatic heterocycles. The number of fused-ring (bicyclic) bond motifs is 1. The van der Waals surface area contributed by atoms with Crippen molar-refractivity contribution in [2.24, 2.45) is 0 Å². The Labute approximate surface area is 133 Å². The number of rotatable bonds is 3. The highest BCUT2D eigenvalue weighted by Crippen LogP contribution is 2.40. The number of nitrogens with one attached hydrogen (secondary N) is 1. The SMILES string of the molecule is CC1(C)Oc2ccc(NCc3ccc(Cl)c(Cl)c3)cc2O1. The smallest absolute Gasteiger partial charge is 0.246 e. The molecular formula is C16H15Cl2NO2. The van der Waals surface area contributed by atoms with E-state index in [1.807, 2.05) is 44.2 Å². The van der Waals surface area contributed by atoms with Crippen LogP contribution in [0.4, 0.5) is 5.69 Å². The highest BCUT2D eigenvalue weighted by Gasteiger charge is 2.31. The van der Waals surface area contributed by atoms with Crippen molar-refractivity contribution in [2.45, 2.75) is 26.2 Å². The van der Waals surface area contributed by atoms with Gasteiger partial charge < -0.3 is 14.8 Å². The summed E-state index contributed by atoms with van der Waals surface area (Å²) in [6, 6.07) is 11.4. The Kier molecular flexibility index (Phi) is 3.64. The zero-order valence-electron chi connectivity index (χ0n) is 11.7. The molecule has 3 nitrogen and oxygen atoms in total. The first kappa shape index (κ1) is 14.4. The number of anilines is 1. The van der Waals surface area contributed by atoms with Gasteiger partial charge in [0.15, 0.2) is 11.5 Å². The molecule has 21 heavy (non-hydrogen) atoms. The van der Waals surface area contributed by atoms with Crippen molar-refractivity contribution >= 4 is 28.9 Å². The van der Waals surface area contributed by atoms with Crippen LogP contribution in [0.1, 0.15) is 19.4 Å². The van der Waals surface area contributed by atoms with Gasteiger partial charge in [-0.3, -0.25) is 0 Å². The van der Waals surface area contributed by atoms with Crippen LogP contribution < -0.4 is 14.8 Å². The Morgan fingerprint density at radius 3 is 2.48 bits per heavy atom. The van der Waals surface area contributed by atoms with E-state index < -0.39 is 5.79 Å². The van der Waals surface area contributed by atoms with Crippen LogP contribution >= 0.6 is 23.2 Å². The van der Waals surface area contributed by atoms with Gasteiger partial charge in [-0.25, -0.2) is 0 Å². The Morgan fingerprint density at radius 1 is 0.952 bits per heavy atom. The minimum atomic E-state index is -0.606. The van der Waals surface area contributed by atoms with E-state index in [0.717, 1.165) is 22.7 Å². The van der Waals surface area contributed by atoms with Crippen LogP contribution in [-0.4, -0.2) is 5.79 Å². The minimum Gasteiger partial charge on any atom is -0.449 e. The molecule has 0 atom stereocenters. The molecule has 2 aromatic carbocycles. The molecular weight excluding hydrogens is 309 g/mol. The monoisotopic (exact) mass is 323 g/mol. The normalized spacial score (nSPS) is 15.0. The Morgan fingerprint density at radius 2 is 1.71 bits per heavy atom. The Hall–Kier alpha value is -1.58. The molecule has 0 spiro atoms. The molecule has 1 aliphatic rings. The molecule has 0 fully saturated rings. The van der Waals surface area contributed by atoms with Gasteiger partial charge in [0.1, 0.15) is 0 Å². The highest BCUT2D eigenvalue weighted by molar-refractivity contribution is 6.42. The van der Waals surface area contributed by atoms with Crippen LogP contribution in [-0.2, 0) is 6.54 Å². The molecule has 0 radical (unpaired) electrons. The van der Waals surface area contributed by atoms with E-state index in [1.165, 1.54) is 0 Å². The van der Waals surface area contributed by atoms with E-state index in [9.17, 15) is 0 Å². The molecule has 3 rings (SSSR count). The summed E-state index contributed by atoms with van der Waals surface area (Å²) >= 11 is 11.9. The first-order chi connectivity index (χ1) is 9.93. The second-order valence-corrected chi connectivity index (χ2v) is 6.18. The van der Waals surface area contributed by atoms with Gasteiger partial charge in [-0.2, -0.15) is 0 Å². The van der Waals surface area contributed by atoms with Crippen LogP contribution in [0.5, 0.6) is 11.5 Å². The highest BCUT2D eigenvalue weighted by atomic mass is 35.5. The number of hydrogen-bond acceptors (Lipinski definition) is 3. The fourth-order valence-corrected chi connectivity index (χ4v) is 2.51. The lowest BCUT2D eigenvalue weighted by atomic mass is 10.2. The first-order valence-corrected chi connectivity index (χ1v) is 7.38. The first-order valence-electron chi connectivity index (χ1n) is 6.63. The summed E-state index contributed by atoms with van der Waals surface area (Å²) in [4.78, 5) is 0. The summed E-state index contributed by atoms with van der Waals surface area (Å²) in [6.07, 6.45) is 0. The lowest BCUT2D eigenvalue weighted by Gasteiger charge is -2.16. The number of halogens is 2. The van der Waals surface area contributed by atoms with Gasteiger partial charge in [-0.1, -0.05) is 29.3 Å². The zero-order valence-corrected chi connectivity index (χ0v) is 13.3. The van der Waals surface area contributed by atoms with Crippen molar-refractivity contribution in [3.05, 3.63) is 52.0 Å².